The third-order valence-corrected chi connectivity index (χ3v) is 2.34. The Morgan fingerprint density at radius 2 is 1.64 bits per heavy atom. The van der Waals surface area contributed by atoms with Crippen molar-refractivity contribution in [2.75, 3.05) is 0 Å². The van der Waals surface area contributed by atoms with Crippen molar-refractivity contribution in [1.82, 2.24) is 0 Å². The molecule has 0 aliphatic rings. The molecule has 82 valence electrons. The summed E-state index contributed by atoms with van der Waals surface area (Å²) in [4.78, 5) is 21.2. The molecule has 0 amide bonds. The summed E-state index contributed by atoms with van der Waals surface area (Å²) in [6.45, 7) is 2.19. The van der Waals surface area contributed by atoms with Crippen LogP contribution in [0, 0.1) is 0 Å². The maximum Gasteiger partial charge on any atom is 0.132 e. The lowest BCUT2D eigenvalue weighted by Gasteiger charge is -1.99. The highest BCUT2D eigenvalue weighted by molar-refractivity contribution is 5.78. The predicted molar refractivity (Wildman–Crippen MR) is 58.3 cm³/mol. The van der Waals surface area contributed by atoms with Crippen molar-refractivity contribution in [1.29, 1.82) is 0 Å². The summed E-state index contributed by atoms with van der Waals surface area (Å²) in [5, 5.41) is 0. The minimum Gasteiger partial charge on any atom is -0.303 e. The lowest BCUT2D eigenvalue weighted by Crippen LogP contribution is -1.97. The predicted octanol–water partition coefficient (Wildman–Crippen LogP) is 3.29. The normalized spacial score (nSPS) is 10.1. The van der Waals surface area contributed by atoms with E-state index < -0.39 is 0 Å². The average Bonchev–Trinajstić information content (AvgIpc) is 2.18. The van der Waals surface area contributed by atoms with E-state index in [0.717, 1.165) is 19.1 Å². The third-order valence-electron chi connectivity index (χ3n) is 2.34. The molecule has 0 N–H and O–H groups in total. The first-order valence-electron chi connectivity index (χ1n) is 5.76. The van der Waals surface area contributed by atoms with E-state index in [1.165, 1.54) is 25.7 Å². The standard InChI is InChI=1S/C12H22O2/c1-2-3-4-5-6-9-12(14)10-7-8-11-13/h11H,2-10H2,1H3. The van der Waals surface area contributed by atoms with Gasteiger partial charge in [0.25, 0.3) is 0 Å². The minimum absolute atomic E-state index is 0.323. The van der Waals surface area contributed by atoms with Gasteiger partial charge in [0.2, 0.25) is 0 Å². The molecule has 0 heterocycles. The fraction of sp³-hybridized carbons (Fsp3) is 0.833. The van der Waals surface area contributed by atoms with Crippen LogP contribution in [0.2, 0.25) is 0 Å². The molecule has 0 aromatic carbocycles. The van der Waals surface area contributed by atoms with Crippen LogP contribution in [0.15, 0.2) is 0 Å². The summed E-state index contributed by atoms with van der Waals surface area (Å²) in [5.74, 6) is 0.323. The SMILES string of the molecule is CCCCCCCC(=O)CCCC=O. The Morgan fingerprint density at radius 3 is 2.29 bits per heavy atom. The summed E-state index contributed by atoms with van der Waals surface area (Å²) in [5.41, 5.74) is 0. The molecule has 0 fully saturated rings. The molecule has 0 bridgehead atoms. The highest BCUT2D eigenvalue weighted by Crippen LogP contribution is 2.07. The van der Waals surface area contributed by atoms with Crippen molar-refractivity contribution in [2.45, 2.75) is 64.7 Å². The van der Waals surface area contributed by atoms with Crippen molar-refractivity contribution in [3.05, 3.63) is 0 Å². The molecule has 0 aliphatic carbocycles. The van der Waals surface area contributed by atoms with Crippen molar-refractivity contribution in [3.63, 3.8) is 0 Å². The van der Waals surface area contributed by atoms with Crippen molar-refractivity contribution in [2.24, 2.45) is 0 Å². The van der Waals surface area contributed by atoms with Gasteiger partial charge in [-0.2, -0.15) is 0 Å². The number of Topliss-reactive ketones (excluding diaryl/α,β-unsaturated/α-hetero) is 1. The molecular weight excluding hydrogens is 176 g/mol. The van der Waals surface area contributed by atoms with Gasteiger partial charge in [-0.05, 0) is 12.8 Å². The summed E-state index contributed by atoms with van der Waals surface area (Å²) >= 11 is 0. The number of carbonyl (C=O) groups is 2. The molecule has 0 rings (SSSR count). The number of rotatable bonds is 10. The van der Waals surface area contributed by atoms with E-state index in [1.54, 1.807) is 0 Å². The molecule has 2 heteroatoms. The van der Waals surface area contributed by atoms with E-state index in [2.05, 4.69) is 6.92 Å². The fourth-order valence-electron chi connectivity index (χ4n) is 1.43. The summed E-state index contributed by atoms with van der Waals surface area (Å²) in [6, 6.07) is 0. The van der Waals surface area contributed by atoms with Crippen LogP contribution in [0.25, 0.3) is 0 Å². The Kier molecular flexibility index (Phi) is 9.93. The Hall–Kier alpha value is -0.660. The van der Waals surface area contributed by atoms with Crippen LogP contribution >= 0.6 is 0 Å². The number of unbranched alkanes of at least 4 members (excludes halogenated alkanes) is 5. The van der Waals surface area contributed by atoms with Gasteiger partial charge in [-0.15, -0.1) is 0 Å². The maximum atomic E-state index is 11.2. The van der Waals surface area contributed by atoms with Crippen LogP contribution in [0.4, 0.5) is 0 Å². The molecule has 0 aliphatic heterocycles. The van der Waals surface area contributed by atoms with Crippen LogP contribution in [0.3, 0.4) is 0 Å². The largest absolute Gasteiger partial charge is 0.303 e. The number of carbonyl (C=O) groups excluding carboxylic acids is 2. The highest BCUT2D eigenvalue weighted by Gasteiger charge is 2.00. The molecule has 0 radical (unpaired) electrons. The second-order valence-corrected chi connectivity index (χ2v) is 3.76. The van der Waals surface area contributed by atoms with Crippen LogP contribution in [0.1, 0.15) is 64.7 Å². The van der Waals surface area contributed by atoms with Gasteiger partial charge in [-0.1, -0.05) is 32.6 Å². The second kappa shape index (κ2) is 10.4. The van der Waals surface area contributed by atoms with E-state index in [4.69, 9.17) is 0 Å². The number of hydrogen-bond donors (Lipinski definition) is 0. The molecule has 14 heavy (non-hydrogen) atoms. The van der Waals surface area contributed by atoms with Gasteiger partial charge in [-0.25, -0.2) is 0 Å². The third kappa shape index (κ3) is 9.43. The summed E-state index contributed by atoms with van der Waals surface area (Å²) < 4.78 is 0. The molecule has 0 saturated heterocycles. The average molecular weight is 198 g/mol. The first kappa shape index (κ1) is 13.3. The molecular formula is C12H22O2. The van der Waals surface area contributed by atoms with Gasteiger partial charge >= 0.3 is 0 Å². The molecule has 0 saturated carbocycles. The zero-order chi connectivity index (χ0) is 10.6. The quantitative estimate of drug-likeness (QED) is 0.399. The Balaban J connectivity index is 3.14. The zero-order valence-corrected chi connectivity index (χ0v) is 9.26. The van der Waals surface area contributed by atoms with Gasteiger partial charge in [-0.3, -0.25) is 4.79 Å². The molecule has 0 aromatic rings. The van der Waals surface area contributed by atoms with Gasteiger partial charge in [0, 0.05) is 19.3 Å². The molecule has 0 aromatic heterocycles. The number of hydrogen-bond acceptors (Lipinski definition) is 2. The van der Waals surface area contributed by atoms with Crippen molar-refractivity contribution in [3.8, 4) is 0 Å². The maximum absolute atomic E-state index is 11.2. The number of aldehydes is 1. The van der Waals surface area contributed by atoms with Crippen molar-refractivity contribution >= 4 is 12.1 Å². The highest BCUT2D eigenvalue weighted by atomic mass is 16.1. The summed E-state index contributed by atoms with van der Waals surface area (Å²) in [7, 11) is 0. The van der Waals surface area contributed by atoms with Crippen LogP contribution in [-0.4, -0.2) is 12.1 Å². The second-order valence-electron chi connectivity index (χ2n) is 3.76. The Morgan fingerprint density at radius 1 is 1.00 bits per heavy atom. The first-order valence-corrected chi connectivity index (χ1v) is 5.76. The van der Waals surface area contributed by atoms with Gasteiger partial charge in [0.15, 0.2) is 0 Å². The smallest absolute Gasteiger partial charge is 0.132 e. The van der Waals surface area contributed by atoms with E-state index in [-0.39, 0.29) is 0 Å². The van der Waals surface area contributed by atoms with Crippen LogP contribution in [-0.2, 0) is 9.59 Å². The lowest BCUT2D eigenvalue weighted by atomic mass is 10.1. The van der Waals surface area contributed by atoms with E-state index >= 15 is 0 Å². The van der Waals surface area contributed by atoms with Gasteiger partial charge in [0.05, 0.1) is 0 Å². The topological polar surface area (TPSA) is 34.1 Å². The minimum atomic E-state index is 0.323. The lowest BCUT2D eigenvalue weighted by molar-refractivity contribution is -0.119. The molecule has 0 unspecified atom stereocenters. The van der Waals surface area contributed by atoms with Gasteiger partial charge < -0.3 is 4.79 Å². The van der Waals surface area contributed by atoms with Gasteiger partial charge in [0.1, 0.15) is 12.1 Å². The molecule has 2 nitrogen and oxygen atoms in total. The molecule has 0 atom stereocenters. The first-order chi connectivity index (χ1) is 6.81. The van der Waals surface area contributed by atoms with Crippen molar-refractivity contribution < 1.29 is 9.59 Å². The van der Waals surface area contributed by atoms with E-state index in [0.29, 0.717) is 25.0 Å². The Bertz CT molecular complexity index is 152. The van der Waals surface area contributed by atoms with Crippen LogP contribution < -0.4 is 0 Å². The monoisotopic (exact) mass is 198 g/mol. The molecule has 0 spiro atoms. The number of ketones is 1. The van der Waals surface area contributed by atoms with E-state index in [9.17, 15) is 9.59 Å². The Labute approximate surface area is 87.1 Å². The summed E-state index contributed by atoms with van der Waals surface area (Å²) in [6.07, 6.45) is 9.42. The fourth-order valence-corrected chi connectivity index (χ4v) is 1.43. The van der Waals surface area contributed by atoms with Crippen LogP contribution in [0.5, 0.6) is 0 Å². The van der Waals surface area contributed by atoms with E-state index in [1.807, 2.05) is 0 Å². The zero-order valence-electron chi connectivity index (χ0n) is 9.26.